The fraction of sp³-hybridized carbons (Fsp3) is 0.0455. The van der Waals surface area contributed by atoms with Crippen molar-refractivity contribution in [3.63, 3.8) is 0 Å². The number of benzene rings is 3. The predicted octanol–water partition coefficient (Wildman–Crippen LogP) is 3.96. The van der Waals surface area contributed by atoms with E-state index in [1.165, 1.54) is 25.1 Å². The Labute approximate surface area is 170 Å². The predicted molar refractivity (Wildman–Crippen MR) is 110 cm³/mol. The maximum Gasteiger partial charge on any atom is 0.273 e. The molecule has 1 N–H and O–H groups in total. The van der Waals surface area contributed by atoms with Crippen molar-refractivity contribution in [2.75, 3.05) is 10.2 Å². The van der Waals surface area contributed by atoms with Gasteiger partial charge in [0.05, 0.1) is 21.7 Å². The van der Waals surface area contributed by atoms with E-state index in [2.05, 4.69) is 5.32 Å². The molecule has 8 nitrogen and oxygen atoms in total. The largest absolute Gasteiger partial charge is 0.322 e. The number of nitrogens with one attached hydrogen (secondary N) is 1. The Kier molecular flexibility index (Phi) is 4.59. The molecule has 1 aliphatic heterocycles. The number of amides is 3. The highest BCUT2D eigenvalue weighted by molar-refractivity contribution is 6.34. The Bertz CT molecular complexity index is 1180. The number of rotatable bonds is 4. The molecule has 0 bridgehead atoms. The number of nitro groups is 1. The lowest BCUT2D eigenvalue weighted by atomic mass is 10.1. The average Bonchev–Trinajstić information content (AvgIpc) is 2.99. The van der Waals surface area contributed by atoms with Gasteiger partial charge in [-0.15, -0.1) is 0 Å². The molecule has 0 aromatic heterocycles. The van der Waals surface area contributed by atoms with Crippen molar-refractivity contribution in [1.82, 2.24) is 0 Å². The van der Waals surface area contributed by atoms with Gasteiger partial charge in [0.25, 0.3) is 23.4 Å². The molecule has 0 atom stereocenters. The Morgan fingerprint density at radius 3 is 2.07 bits per heavy atom. The first kappa shape index (κ1) is 19.0. The molecular weight excluding hydrogens is 386 g/mol. The van der Waals surface area contributed by atoms with E-state index in [0.29, 0.717) is 22.5 Å². The molecule has 0 fully saturated rings. The summed E-state index contributed by atoms with van der Waals surface area (Å²) in [6, 6.07) is 17.1. The number of hydrogen-bond acceptors (Lipinski definition) is 5. The van der Waals surface area contributed by atoms with Gasteiger partial charge in [0.2, 0.25) is 0 Å². The van der Waals surface area contributed by atoms with E-state index in [1.54, 1.807) is 48.5 Å². The van der Waals surface area contributed by atoms with Crippen LogP contribution in [0.15, 0.2) is 66.7 Å². The van der Waals surface area contributed by atoms with E-state index in [9.17, 15) is 24.5 Å². The second kappa shape index (κ2) is 7.25. The summed E-state index contributed by atoms with van der Waals surface area (Å²) in [4.78, 5) is 49.3. The summed E-state index contributed by atoms with van der Waals surface area (Å²) in [6.45, 7) is 1.51. The van der Waals surface area contributed by atoms with Crippen molar-refractivity contribution < 1.29 is 19.3 Å². The lowest BCUT2D eigenvalue weighted by Crippen LogP contribution is -2.29. The molecule has 4 rings (SSSR count). The maximum atomic E-state index is 12.6. The van der Waals surface area contributed by atoms with Gasteiger partial charge in [-0.05, 0) is 49.4 Å². The number of carbonyl (C=O) groups is 3. The van der Waals surface area contributed by atoms with Crippen LogP contribution in [-0.2, 0) is 0 Å². The molecule has 0 radical (unpaired) electrons. The van der Waals surface area contributed by atoms with Crippen LogP contribution in [0.4, 0.5) is 17.1 Å². The molecule has 30 heavy (non-hydrogen) atoms. The number of imide groups is 1. The lowest BCUT2D eigenvalue weighted by Gasteiger charge is -2.15. The van der Waals surface area contributed by atoms with Crippen LogP contribution in [0.5, 0.6) is 0 Å². The van der Waals surface area contributed by atoms with Gasteiger partial charge in [0.15, 0.2) is 0 Å². The van der Waals surface area contributed by atoms with E-state index in [-0.39, 0.29) is 16.8 Å². The molecule has 3 amide bonds. The SMILES string of the molecule is Cc1c(C(=O)Nc2ccc(N3C(=O)c4ccccc4C3=O)cc2)cccc1[N+](=O)[O-]. The molecule has 148 valence electrons. The zero-order valence-corrected chi connectivity index (χ0v) is 15.8. The Morgan fingerprint density at radius 1 is 0.900 bits per heavy atom. The van der Waals surface area contributed by atoms with Crippen molar-refractivity contribution in [3.8, 4) is 0 Å². The zero-order chi connectivity index (χ0) is 21.4. The van der Waals surface area contributed by atoms with E-state index in [4.69, 9.17) is 0 Å². The fourth-order valence-corrected chi connectivity index (χ4v) is 3.38. The lowest BCUT2D eigenvalue weighted by molar-refractivity contribution is -0.385. The maximum absolute atomic E-state index is 12.6. The minimum Gasteiger partial charge on any atom is -0.322 e. The van der Waals surface area contributed by atoms with Gasteiger partial charge >= 0.3 is 0 Å². The second-order valence-electron chi connectivity index (χ2n) is 6.70. The van der Waals surface area contributed by atoms with Crippen LogP contribution in [0.2, 0.25) is 0 Å². The molecule has 0 aliphatic carbocycles. The first-order valence-corrected chi connectivity index (χ1v) is 9.01. The first-order valence-electron chi connectivity index (χ1n) is 9.01. The van der Waals surface area contributed by atoms with E-state index in [0.717, 1.165) is 4.90 Å². The van der Waals surface area contributed by atoms with Crippen molar-refractivity contribution in [1.29, 1.82) is 0 Å². The molecular formula is C22H15N3O5. The van der Waals surface area contributed by atoms with Crippen LogP contribution < -0.4 is 10.2 Å². The van der Waals surface area contributed by atoms with Crippen molar-refractivity contribution >= 4 is 34.8 Å². The van der Waals surface area contributed by atoms with Gasteiger partial charge in [0.1, 0.15) is 0 Å². The molecule has 0 saturated heterocycles. The van der Waals surface area contributed by atoms with E-state index in [1.807, 2.05) is 0 Å². The minimum atomic E-state index is -0.539. The van der Waals surface area contributed by atoms with Gasteiger partial charge in [-0.25, -0.2) is 4.90 Å². The topological polar surface area (TPSA) is 110 Å². The third-order valence-electron chi connectivity index (χ3n) is 4.92. The third kappa shape index (κ3) is 3.10. The number of fused-ring (bicyclic) bond motifs is 1. The summed E-state index contributed by atoms with van der Waals surface area (Å²) >= 11 is 0. The molecule has 8 heteroatoms. The summed E-state index contributed by atoms with van der Waals surface area (Å²) in [5.41, 5.74) is 1.82. The van der Waals surface area contributed by atoms with Crippen LogP contribution in [0.3, 0.4) is 0 Å². The van der Waals surface area contributed by atoms with Crippen molar-refractivity contribution in [2.45, 2.75) is 6.92 Å². The van der Waals surface area contributed by atoms with Crippen LogP contribution in [-0.4, -0.2) is 22.6 Å². The quantitative estimate of drug-likeness (QED) is 0.404. The van der Waals surface area contributed by atoms with Crippen molar-refractivity contribution in [3.05, 3.63) is 99.1 Å². The third-order valence-corrected chi connectivity index (χ3v) is 4.92. The number of anilines is 2. The highest BCUT2D eigenvalue weighted by Gasteiger charge is 2.36. The zero-order valence-electron chi connectivity index (χ0n) is 15.8. The van der Waals surface area contributed by atoms with E-state index >= 15 is 0 Å². The van der Waals surface area contributed by atoms with Gasteiger partial charge in [-0.3, -0.25) is 24.5 Å². The van der Waals surface area contributed by atoms with Crippen LogP contribution in [0.1, 0.15) is 36.6 Å². The monoisotopic (exact) mass is 401 g/mol. The Hall–Kier alpha value is -4.33. The molecule has 0 spiro atoms. The number of carbonyl (C=O) groups excluding carboxylic acids is 3. The summed E-state index contributed by atoms with van der Waals surface area (Å²) in [6.07, 6.45) is 0. The smallest absolute Gasteiger partial charge is 0.273 e. The minimum absolute atomic E-state index is 0.136. The molecule has 3 aromatic carbocycles. The summed E-state index contributed by atoms with van der Waals surface area (Å²) in [5.74, 6) is -1.30. The molecule has 1 heterocycles. The number of nitro benzene ring substituents is 1. The standard InChI is InChI=1S/C22H15N3O5/c1-13-16(7-4-8-19(13)25(29)30)20(26)23-14-9-11-15(12-10-14)24-21(27)17-5-2-3-6-18(17)22(24)28/h2-12H,1H3,(H,23,26). The van der Waals surface area contributed by atoms with Crippen molar-refractivity contribution in [2.24, 2.45) is 0 Å². The van der Waals surface area contributed by atoms with Gasteiger partial charge in [-0.1, -0.05) is 18.2 Å². The number of hydrogen-bond donors (Lipinski definition) is 1. The van der Waals surface area contributed by atoms with E-state index < -0.39 is 22.6 Å². The Morgan fingerprint density at radius 2 is 1.50 bits per heavy atom. The summed E-state index contributed by atoms with van der Waals surface area (Å²) in [5, 5.41) is 13.7. The fourth-order valence-electron chi connectivity index (χ4n) is 3.38. The summed E-state index contributed by atoms with van der Waals surface area (Å²) in [7, 11) is 0. The molecule has 0 unspecified atom stereocenters. The highest BCUT2D eigenvalue weighted by atomic mass is 16.6. The van der Waals surface area contributed by atoms with Crippen LogP contribution in [0.25, 0.3) is 0 Å². The summed E-state index contributed by atoms with van der Waals surface area (Å²) < 4.78 is 0. The Balaban J connectivity index is 1.55. The van der Waals surface area contributed by atoms with Crippen LogP contribution in [0, 0.1) is 17.0 Å². The first-order chi connectivity index (χ1) is 14.4. The molecule has 0 saturated carbocycles. The van der Waals surface area contributed by atoms with Gasteiger partial charge < -0.3 is 5.32 Å². The molecule has 1 aliphatic rings. The second-order valence-corrected chi connectivity index (χ2v) is 6.70. The highest BCUT2D eigenvalue weighted by Crippen LogP contribution is 2.29. The van der Waals surface area contributed by atoms with Gasteiger partial charge in [0, 0.05) is 22.9 Å². The molecule has 3 aromatic rings. The number of nitrogens with zero attached hydrogens (tertiary/aromatic N) is 2. The van der Waals surface area contributed by atoms with Gasteiger partial charge in [-0.2, -0.15) is 0 Å². The van der Waals surface area contributed by atoms with Crippen LogP contribution >= 0.6 is 0 Å². The average molecular weight is 401 g/mol. The normalized spacial score (nSPS) is 12.6.